The van der Waals surface area contributed by atoms with E-state index in [-0.39, 0.29) is 75.4 Å². The molecular weight excluding hydrogens is 1070 g/mol. The fourth-order valence-corrected chi connectivity index (χ4v) is 8.38. The van der Waals surface area contributed by atoms with Crippen LogP contribution in [0, 0.1) is 11.8 Å². The van der Waals surface area contributed by atoms with Gasteiger partial charge >= 0.3 is 18.4 Å². The topological polar surface area (TPSA) is 247 Å². The number of aldehydes is 2. The summed E-state index contributed by atoms with van der Waals surface area (Å²) in [5.41, 5.74) is -2.95. The molecule has 20 nitrogen and oxygen atoms in total. The quantitative estimate of drug-likeness (QED) is 0.0602. The summed E-state index contributed by atoms with van der Waals surface area (Å²) in [6.45, 7) is 1.51. The fourth-order valence-electron chi connectivity index (χ4n) is 8.38. The van der Waals surface area contributed by atoms with Crippen LogP contribution in [0.1, 0.15) is 129 Å². The van der Waals surface area contributed by atoms with Crippen molar-refractivity contribution in [3.63, 3.8) is 0 Å². The molecular formula is C49H50F10N12O8. The molecule has 0 radical (unpaired) electrons. The summed E-state index contributed by atoms with van der Waals surface area (Å²) in [6, 6.07) is 4.73. The highest BCUT2D eigenvalue weighted by Crippen LogP contribution is 2.37. The molecule has 0 saturated heterocycles. The molecule has 0 bridgehead atoms. The van der Waals surface area contributed by atoms with Crippen molar-refractivity contribution in [1.82, 2.24) is 39.5 Å². The smallest absolute Gasteiger partial charge is 0.416 e. The molecule has 2 aliphatic rings. The largest absolute Gasteiger partial charge is 0.444 e. The summed E-state index contributed by atoms with van der Waals surface area (Å²) >= 11 is 0. The molecule has 6 aromatic heterocycles. The Hall–Kier alpha value is -8.21. The first-order chi connectivity index (χ1) is 37.3. The molecule has 8 rings (SSSR count). The molecule has 2 saturated carbocycles. The number of oxazole rings is 2. The van der Waals surface area contributed by atoms with Gasteiger partial charge < -0.3 is 39.1 Å². The Bertz CT molecular complexity index is 3080. The minimum Gasteiger partial charge on any atom is -0.444 e. The van der Waals surface area contributed by atoms with E-state index in [4.69, 9.17) is 13.6 Å². The van der Waals surface area contributed by atoms with Crippen molar-refractivity contribution >= 4 is 53.5 Å². The van der Waals surface area contributed by atoms with Gasteiger partial charge in [0.25, 0.3) is 24.7 Å². The number of rotatable bonds is 16. The van der Waals surface area contributed by atoms with E-state index in [0.717, 1.165) is 37.4 Å². The number of pyridine rings is 2. The van der Waals surface area contributed by atoms with Crippen LogP contribution in [0.5, 0.6) is 0 Å². The molecule has 2 fully saturated rings. The number of nitrogens with one attached hydrogen (secondary N) is 3. The lowest BCUT2D eigenvalue weighted by Gasteiger charge is -2.27. The fraction of sp³-hybridized carbons (Fsp3) is 0.449. The molecule has 6 heterocycles. The van der Waals surface area contributed by atoms with Crippen molar-refractivity contribution in [3.8, 4) is 22.9 Å². The predicted octanol–water partition coefficient (Wildman–Crippen LogP) is 11.4. The molecule has 79 heavy (non-hydrogen) atoms. The Morgan fingerprint density at radius 3 is 1.57 bits per heavy atom. The Kier molecular flexibility index (Phi) is 18.2. The van der Waals surface area contributed by atoms with Crippen LogP contribution in [-0.2, 0) is 14.3 Å². The number of aromatic nitrogens is 8. The Labute approximate surface area is 441 Å². The monoisotopic (exact) mass is 1120 g/mol. The number of halogens is 10. The van der Waals surface area contributed by atoms with Gasteiger partial charge in [0.05, 0.1) is 23.5 Å². The predicted molar refractivity (Wildman–Crippen MR) is 258 cm³/mol. The Balaban J connectivity index is 0.000000232. The minimum atomic E-state index is -4.78. The first-order valence-corrected chi connectivity index (χ1v) is 24.3. The van der Waals surface area contributed by atoms with Gasteiger partial charge in [0.15, 0.2) is 22.8 Å². The van der Waals surface area contributed by atoms with Crippen LogP contribution < -0.4 is 20.9 Å². The number of carbonyl (C=O) groups is 5. The highest BCUT2D eigenvalue weighted by atomic mass is 19.4. The van der Waals surface area contributed by atoms with Gasteiger partial charge in [-0.1, -0.05) is 0 Å². The zero-order valence-corrected chi connectivity index (χ0v) is 42.0. The number of ether oxygens (including phenoxy) is 1. The number of alkyl halides is 10. The second-order valence-electron chi connectivity index (χ2n) is 19.3. The molecule has 0 aromatic carbocycles. The Morgan fingerprint density at radius 2 is 1.15 bits per heavy atom. The van der Waals surface area contributed by atoms with Crippen molar-refractivity contribution in [1.29, 1.82) is 0 Å². The van der Waals surface area contributed by atoms with Gasteiger partial charge in [-0.3, -0.25) is 23.9 Å². The first-order valence-electron chi connectivity index (χ1n) is 24.3. The van der Waals surface area contributed by atoms with Crippen LogP contribution in [0.15, 0.2) is 70.4 Å². The van der Waals surface area contributed by atoms with Crippen LogP contribution >= 0.6 is 0 Å². The number of anilines is 4. The van der Waals surface area contributed by atoms with Crippen LogP contribution in [-0.4, -0.2) is 101 Å². The molecule has 0 unspecified atom stereocenters. The van der Waals surface area contributed by atoms with E-state index in [1.807, 2.05) is 0 Å². The van der Waals surface area contributed by atoms with E-state index in [1.165, 1.54) is 66.9 Å². The van der Waals surface area contributed by atoms with E-state index in [1.54, 1.807) is 0 Å². The molecule has 30 heteroatoms. The summed E-state index contributed by atoms with van der Waals surface area (Å²) in [7, 11) is 0. The molecule has 0 spiro atoms. The van der Waals surface area contributed by atoms with Gasteiger partial charge in [-0.2, -0.15) is 36.5 Å². The highest BCUT2D eigenvalue weighted by Gasteiger charge is 2.37. The second kappa shape index (κ2) is 24.6. The summed E-state index contributed by atoms with van der Waals surface area (Å²) < 4.78 is 150. The lowest BCUT2D eigenvalue weighted by molar-refractivity contribution is -0.120. The first kappa shape index (κ1) is 58.5. The van der Waals surface area contributed by atoms with E-state index in [9.17, 15) is 67.9 Å². The third-order valence-corrected chi connectivity index (χ3v) is 12.2. The molecule has 3 amide bonds. The molecule has 0 atom stereocenters. The summed E-state index contributed by atoms with van der Waals surface area (Å²) in [5.74, 6) is -2.64. The van der Waals surface area contributed by atoms with Gasteiger partial charge in [0.1, 0.15) is 55.4 Å². The van der Waals surface area contributed by atoms with Gasteiger partial charge in [-0.25, -0.2) is 42.3 Å². The van der Waals surface area contributed by atoms with Crippen molar-refractivity contribution < 1.29 is 81.4 Å². The zero-order chi connectivity index (χ0) is 57.4. The van der Waals surface area contributed by atoms with Crippen molar-refractivity contribution in [2.75, 3.05) is 33.9 Å². The van der Waals surface area contributed by atoms with Gasteiger partial charge in [-0.05, 0) is 96.4 Å². The average molecular weight is 1120 g/mol. The normalized spacial score (nSPS) is 17.9. The lowest BCUT2D eigenvalue weighted by atomic mass is 9.87. The number of carbonyl (C=O) groups excluding carboxylic acids is 5. The third-order valence-electron chi connectivity index (χ3n) is 12.2. The average Bonchev–Trinajstić information content (AvgIpc) is 4.28. The van der Waals surface area contributed by atoms with Gasteiger partial charge in [-0.15, -0.1) is 0 Å². The van der Waals surface area contributed by atoms with Crippen LogP contribution in [0.4, 0.5) is 71.7 Å². The van der Waals surface area contributed by atoms with Crippen LogP contribution in [0.2, 0.25) is 0 Å². The van der Waals surface area contributed by atoms with Crippen molar-refractivity contribution in [2.45, 2.75) is 115 Å². The van der Waals surface area contributed by atoms with Gasteiger partial charge in [0, 0.05) is 47.8 Å². The Morgan fingerprint density at radius 1 is 0.696 bits per heavy atom. The van der Waals surface area contributed by atoms with Crippen molar-refractivity contribution in [3.05, 3.63) is 84.4 Å². The van der Waals surface area contributed by atoms with E-state index in [2.05, 4.69) is 46.1 Å². The summed E-state index contributed by atoms with van der Waals surface area (Å²) in [5, 5.41) is 14.8. The maximum atomic E-state index is 13.7. The van der Waals surface area contributed by atoms with Crippen LogP contribution in [0.3, 0.4) is 0 Å². The third kappa shape index (κ3) is 16.0. The second-order valence-corrected chi connectivity index (χ2v) is 19.3. The number of amides is 3. The minimum absolute atomic E-state index is 0.0520. The molecule has 3 N–H and O–H groups in total. The van der Waals surface area contributed by atoms with E-state index >= 15 is 0 Å². The number of hydrogen-bond donors (Lipinski definition) is 3. The number of nitrogens with zero attached hydrogens (tertiary/aromatic N) is 9. The maximum Gasteiger partial charge on any atom is 0.416 e. The van der Waals surface area contributed by atoms with E-state index in [0.29, 0.717) is 56.3 Å². The highest BCUT2D eigenvalue weighted by molar-refractivity contribution is 6.04. The zero-order valence-electron chi connectivity index (χ0n) is 42.0. The lowest BCUT2D eigenvalue weighted by Crippen LogP contribution is -2.42. The maximum absolute atomic E-state index is 13.7. The summed E-state index contributed by atoms with van der Waals surface area (Å²) in [6.07, 6.45) is -2.94. The summed E-state index contributed by atoms with van der Waals surface area (Å²) in [4.78, 5) is 76.1. The molecule has 6 aromatic rings. The SMILES string of the molecule is CC(C)(C)OC(=O)N(CC(F)(F)F)c1cc(-c2nc(C(=O)Nc3cn(C4CCC(C=O)CC4)nc3C(F)F)co2)ccn1.O=CC1CCC(n2cc(NC(=O)c3coc(-c4ccnc(NCC(F)(F)F)c4)n3)c(C(F)F)n2)CC1. The molecule has 0 aliphatic heterocycles. The molecule has 2 aliphatic carbocycles. The molecule has 424 valence electrons. The number of hydrogen-bond acceptors (Lipinski definition) is 15. The van der Waals surface area contributed by atoms with Gasteiger partial charge in [0.2, 0.25) is 11.8 Å². The standard InChI is InChI=1S/C27H29F5N6O5.C22H21F5N6O3/c1-26(2,3)43-25(41)37(14-27(30,31)32)20-10-16(8-9-33-20)24-35-19(13-42-24)23(40)34-18-11-38(36-21(18)22(28)29)17-6-4-15(12-39)5-7-17;23-19(24)18-15(8-33(32-18)14-3-1-12(9-34)2-4-14)30-20(35)16-10-36-21(31-16)13-5-6-28-17(7-13)29-11-22(25,26)27/h8-13,15,17,22H,4-7,14H2,1-3H3,(H,34,40);5-10,12,14,19H,1-4,11H2,(H,28,29)(H,30,35). The van der Waals surface area contributed by atoms with Crippen molar-refractivity contribution in [2.24, 2.45) is 11.8 Å². The van der Waals surface area contributed by atoms with Crippen LogP contribution in [0.25, 0.3) is 22.9 Å². The van der Waals surface area contributed by atoms with E-state index < -0.39 is 79.0 Å².